The first-order valence-corrected chi connectivity index (χ1v) is 4.95. The number of hydrogen-bond acceptors (Lipinski definition) is 2. The fourth-order valence-corrected chi connectivity index (χ4v) is 1.41. The Kier molecular flexibility index (Phi) is 4.75. The number of hydrogen-bond donors (Lipinski definition) is 1. The predicted octanol–water partition coefficient (Wildman–Crippen LogP) is 1.62. The summed E-state index contributed by atoms with van der Waals surface area (Å²) in [5.41, 5.74) is -0.148. The van der Waals surface area contributed by atoms with Crippen LogP contribution in [0, 0.1) is 29.8 Å². The largest absolute Gasteiger partial charge is 0.480 e. The molecule has 0 heterocycles. The second-order valence-corrected chi connectivity index (χ2v) is 3.60. The molecule has 0 saturated carbocycles. The van der Waals surface area contributed by atoms with E-state index in [2.05, 4.69) is 5.92 Å². The van der Waals surface area contributed by atoms with Crippen molar-refractivity contribution in [3.8, 4) is 12.3 Å². The fourth-order valence-electron chi connectivity index (χ4n) is 1.41. The SMILES string of the molecule is C#CCN(CC(=O)O)Cc1cc(F)c(F)cc1F. The second kappa shape index (κ2) is 6.07. The van der Waals surface area contributed by atoms with Gasteiger partial charge in [-0.2, -0.15) is 0 Å². The highest BCUT2D eigenvalue weighted by Gasteiger charge is 2.14. The van der Waals surface area contributed by atoms with Crippen molar-refractivity contribution in [2.24, 2.45) is 0 Å². The number of aliphatic carboxylic acids is 1. The lowest BCUT2D eigenvalue weighted by atomic mass is 10.2. The predicted molar refractivity (Wildman–Crippen MR) is 58.1 cm³/mol. The highest BCUT2D eigenvalue weighted by molar-refractivity contribution is 5.69. The molecule has 1 N–H and O–H groups in total. The average molecular weight is 257 g/mol. The molecule has 0 unspecified atom stereocenters. The van der Waals surface area contributed by atoms with Gasteiger partial charge in [-0.25, -0.2) is 13.2 Å². The Morgan fingerprint density at radius 1 is 1.28 bits per heavy atom. The molecule has 0 atom stereocenters. The Morgan fingerprint density at radius 3 is 2.44 bits per heavy atom. The van der Waals surface area contributed by atoms with Gasteiger partial charge in [-0.1, -0.05) is 5.92 Å². The van der Waals surface area contributed by atoms with Gasteiger partial charge in [0.1, 0.15) is 5.82 Å². The van der Waals surface area contributed by atoms with Crippen LogP contribution >= 0.6 is 0 Å². The lowest BCUT2D eigenvalue weighted by molar-refractivity contribution is -0.138. The maximum absolute atomic E-state index is 13.3. The van der Waals surface area contributed by atoms with Gasteiger partial charge in [0, 0.05) is 18.2 Å². The van der Waals surface area contributed by atoms with Crippen molar-refractivity contribution in [1.82, 2.24) is 4.90 Å². The minimum absolute atomic E-state index is 0.0370. The van der Waals surface area contributed by atoms with Crippen molar-refractivity contribution in [2.75, 3.05) is 13.1 Å². The lowest BCUT2D eigenvalue weighted by Gasteiger charge is -2.17. The maximum Gasteiger partial charge on any atom is 0.317 e. The number of nitrogens with zero attached hydrogens (tertiary/aromatic N) is 1. The molecule has 1 aromatic carbocycles. The van der Waals surface area contributed by atoms with E-state index in [9.17, 15) is 18.0 Å². The van der Waals surface area contributed by atoms with Crippen molar-refractivity contribution >= 4 is 5.97 Å². The Bertz CT molecular complexity index is 497. The number of terminal acetylenes is 1. The molecule has 0 fully saturated rings. The number of carboxylic acids is 1. The molecule has 0 aliphatic rings. The van der Waals surface area contributed by atoms with E-state index in [1.165, 1.54) is 4.90 Å². The first-order chi connectivity index (χ1) is 8.43. The van der Waals surface area contributed by atoms with E-state index in [1.54, 1.807) is 0 Å². The maximum atomic E-state index is 13.3. The highest BCUT2D eigenvalue weighted by Crippen LogP contribution is 2.15. The molecule has 0 amide bonds. The molecule has 1 aromatic rings. The molecule has 0 saturated heterocycles. The van der Waals surface area contributed by atoms with E-state index in [-0.39, 0.29) is 18.7 Å². The normalized spacial score (nSPS) is 10.4. The second-order valence-electron chi connectivity index (χ2n) is 3.60. The van der Waals surface area contributed by atoms with Gasteiger partial charge in [-0.15, -0.1) is 6.42 Å². The summed E-state index contributed by atoms with van der Waals surface area (Å²) >= 11 is 0. The number of rotatable bonds is 5. The molecule has 0 aliphatic carbocycles. The zero-order chi connectivity index (χ0) is 13.7. The first-order valence-electron chi connectivity index (χ1n) is 4.95. The van der Waals surface area contributed by atoms with Crippen molar-refractivity contribution < 1.29 is 23.1 Å². The highest BCUT2D eigenvalue weighted by atomic mass is 19.2. The molecule has 1 rings (SSSR count). The van der Waals surface area contributed by atoms with Crippen LogP contribution < -0.4 is 0 Å². The van der Waals surface area contributed by atoms with Crippen LogP contribution in [0.25, 0.3) is 0 Å². The van der Waals surface area contributed by atoms with E-state index < -0.39 is 30.0 Å². The van der Waals surface area contributed by atoms with Gasteiger partial charge >= 0.3 is 5.97 Å². The quantitative estimate of drug-likeness (QED) is 0.643. The van der Waals surface area contributed by atoms with Gasteiger partial charge in [0.15, 0.2) is 11.6 Å². The zero-order valence-corrected chi connectivity index (χ0v) is 9.29. The number of halogens is 3. The Labute approximate surface area is 102 Å². The molecule has 0 aromatic heterocycles. The first kappa shape index (κ1) is 14.1. The van der Waals surface area contributed by atoms with Crippen molar-refractivity contribution in [2.45, 2.75) is 6.54 Å². The van der Waals surface area contributed by atoms with Gasteiger partial charge < -0.3 is 5.11 Å². The third-order valence-electron chi connectivity index (χ3n) is 2.16. The molecule has 0 aliphatic heterocycles. The van der Waals surface area contributed by atoms with Crippen LogP contribution in [0.2, 0.25) is 0 Å². The summed E-state index contributed by atoms with van der Waals surface area (Å²) in [4.78, 5) is 11.8. The summed E-state index contributed by atoms with van der Waals surface area (Å²) in [5, 5.41) is 8.62. The van der Waals surface area contributed by atoms with Crippen LogP contribution in [0.3, 0.4) is 0 Å². The fraction of sp³-hybridized carbons (Fsp3) is 0.250. The van der Waals surface area contributed by atoms with Crippen molar-refractivity contribution in [3.63, 3.8) is 0 Å². The third-order valence-corrected chi connectivity index (χ3v) is 2.16. The molecular weight excluding hydrogens is 247 g/mol. The molecular formula is C12H10F3NO2. The smallest absolute Gasteiger partial charge is 0.317 e. The van der Waals surface area contributed by atoms with E-state index in [1.807, 2.05) is 0 Å². The van der Waals surface area contributed by atoms with Crippen molar-refractivity contribution in [1.29, 1.82) is 0 Å². The lowest BCUT2D eigenvalue weighted by Crippen LogP contribution is -2.30. The Hall–Kier alpha value is -2.00. The van der Waals surface area contributed by atoms with Gasteiger partial charge in [-0.3, -0.25) is 9.69 Å². The van der Waals surface area contributed by atoms with E-state index in [0.29, 0.717) is 12.1 Å². The number of carbonyl (C=O) groups is 1. The van der Waals surface area contributed by atoms with Crippen LogP contribution in [0.1, 0.15) is 5.56 Å². The Balaban J connectivity index is 2.90. The van der Waals surface area contributed by atoms with Crippen LogP contribution in [0.15, 0.2) is 12.1 Å². The average Bonchev–Trinajstić information content (AvgIpc) is 2.25. The summed E-state index contributed by atoms with van der Waals surface area (Å²) in [6.07, 6.45) is 5.04. The third kappa shape index (κ3) is 3.79. The van der Waals surface area contributed by atoms with Crippen LogP contribution in [-0.2, 0) is 11.3 Å². The minimum Gasteiger partial charge on any atom is -0.480 e. The van der Waals surface area contributed by atoms with Gasteiger partial charge in [0.2, 0.25) is 0 Å². The zero-order valence-electron chi connectivity index (χ0n) is 9.29. The molecule has 3 nitrogen and oxygen atoms in total. The van der Waals surface area contributed by atoms with Gasteiger partial charge in [0.25, 0.3) is 0 Å². The summed E-state index contributed by atoms with van der Waals surface area (Å²) in [7, 11) is 0. The van der Waals surface area contributed by atoms with Crippen molar-refractivity contribution in [3.05, 3.63) is 35.1 Å². The summed E-state index contributed by atoms with van der Waals surface area (Å²) in [5.74, 6) is -2.36. The number of benzene rings is 1. The van der Waals surface area contributed by atoms with E-state index in [0.717, 1.165) is 0 Å². The number of carboxylic acid groups (broad SMARTS) is 1. The van der Waals surface area contributed by atoms with E-state index >= 15 is 0 Å². The monoisotopic (exact) mass is 257 g/mol. The van der Waals surface area contributed by atoms with Crippen LogP contribution in [-0.4, -0.2) is 29.1 Å². The molecule has 18 heavy (non-hydrogen) atoms. The molecule has 0 bridgehead atoms. The standard InChI is InChI=1S/C12H10F3NO2/c1-2-3-16(7-12(17)18)6-8-4-10(14)11(15)5-9(8)13/h1,4-5H,3,6-7H2,(H,17,18). The topological polar surface area (TPSA) is 40.5 Å². The van der Waals surface area contributed by atoms with Gasteiger partial charge in [0.05, 0.1) is 13.1 Å². The van der Waals surface area contributed by atoms with Gasteiger partial charge in [-0.05, 0) is 6.07 Å². The molecule has 96 valence electrons. The summed E-state index contributed by atoms with van der Waals surface area (Å²) < 4.78 is 39.0. The van der Waals surface area contributed by atoms with Crippen LogP contribution in [0.5, 0.6) is 0 Å². The Morgan fingerprint density at radius 2 is 1.89 bits per heavy atom. The molecule has 0 spiro atoms. The molecule has 0 radical (unpaired) electrons. The minimum atomic E-state index is -1.29. The summed E-state index contributed by atoms with van der Waals surface area (Å²) in [6.45, 7) is -0.660. The summed E-state index contributed by atoms with van der Waals surface area (Å²) in [6, 6.07) is 1.11. The van der Waals surface area contributed by atoms with Crippen LogP contribution in [0.4, 0.5) is 13.2 Å². The van der Waals surface area contributed by atoms with E-state index in [4.69, 9.17) is 11.5 Å². The molecule has 6 heteroatoms.